The van der Waals surface area contributed by atoms with E-state index in [1.165, 1.54) is 12.1 Å². The third-order valence-corrected chi connectivity index (χ3v) is 3.89. The number of nitro benzene ring substituents is 1. The Labute approximate surface area is 165 Å². The van der Waals surface area contributed by atoms with Crippen molar-refractivity contribution in [3.05, 3.63) is 88.0 Å². The molecule has 8 heteroatoms. The van der Waals surface area contributed by atoms with Crippen LogP contribution in [-0.2, 0) is 6.61 Å². The van der Waals surface area contributed by atoms with E-state index in [1.54, 1.807) is 37.3 Å². The van der Waals surface area contributed by atoms with Gasteiger partial charge in [0.15, 0.2) is 0 Å². The van der Waals surface area contributed by atoms with E-state index in [1.807, 2.05) is 0 Å². The van der Waals surface area contributed by atoms with Gasteiger partial charge < -0.3 is 14.2 Å². The molecule has 0 aliphatic carbocycles. The van der Waals surface area contributed by atoms with Crippen LogP contribution in [0.3, 0.4) is 0 Å². The third kappa shape index (κ3) is 5.19. The Hall–Kier alpha value is -3.68. The molecule has 3 aromatic carbocycles. The highest BCUT2D eigenvalue weighted by atomic mass is 19.1. The average Bonchev–Trinajstić information content (AvgIpc) is 2.71. The molecule has 0 aliphatic heterocycles. The lowest BCUT2D eigenvalue weighted by molar-refractivity contribution is -0.385. The summed E-state index contributed by atoms with van der Waals surface area (Å²) in [6.45, 7) is 2.02. The highest BCUT2D eigenvalue weighted by molar-refractivity contribution is 5.52. The normalized spacial score (nSPS) is 10.4. The molecule has 0 unspecified atom stereocenters. The van der Waals surface area contributed by atoms with Crippen LogP contribution in [0.15, 0.2) is 60.7 Å². The molecule has 0 heterocycles. The van der Waals surface area contributed by atoms with E-state index in [0.717, 1.165) is 18.2 Å². The standard InChI is InChI=1S/C21H17F2NO5/c1-2-27-18-8-10-21(20(12-18)24(25)26)29-17-6-4-16(5-7-17)28-13-14-11-15(22)3-9-19(14)23/h3-12H,2,13H2,1H3. The minimum absolute atomic E-state index is 0.0638. The van der Waals surface area contributed by atoms with Gasteiger partial charge in [0.05, 0.1) is 17.6 Å². The maximum Gasteiger partial charge on any atom is 0.315 e. The lowest BCUT2D eigenvalue weighted by atomic mass is 10.2. The topological polar surface area (TPSA) is 70.8 Å². The lowest BCUT2D eigenvalue weighted by Crippen LogP contribution is -1.99. The van der Waals surface area contributed by atoms with Crippen molar-refractivity contribution in [2.75, 3.05) is 6.61 Å². The predicted molar refractivity (Wildman–Crippen MR) is 101 cm³/mol. The van der Waals surface area contributed by atoms with Crippen LogP contribution in [0.1, 0.15) is 12.5 Å². The van der Waals surface area contributed by atoms with E-state index in [4.69, 9.17) is 14.2 Å². The van der Waals surface area contributed by atoms with Crippen molar-refractivity contribution >= 4 is 5.69 Å². The number of halogens is 2. The number of nitro groups is 1. The van der Waals surface area contributed by atoms with Crippen LogP contribution in [0, 0.1) is 21.7 Å². The van der Waals surface area contributed by atoms with Gasteiger partial charge >= 0.3 is 5.69 Å². The van der Waals surface area contributed by atoms with E-state index in [0.29, 0.717) is 23.9 Å². The summed E-state index contributed by atoms with van der Waals surface area (Å²) in [5.41, 5.74) is -0.131. The Bertz CT molecular complexity index is 1010. The molecule has 0 N–H and O–H groups in total. The molecule has 0 saturated carbocycles. The van der Waals surface area contributed by atoms with Crippen LogP contribution in [0.4, 0.5) is 14.5 Å². The first-order valence-corrected chi connectivity index (χ1v) is 8.72. The van der Waals surface area contributed by atoms with Crippen molar-refractivity contribution < 1.29 is 27.9 Å². The first kappa shape index (κ1) is 20.1. The van der Waals surface area contributed by atoms with Gasteiger partial charge in [-0.15, -0.1) is 0 Å². The molecule has 0 aliphatic rings. The monoisotopic (exact) mass is 401 g/mol. The number of ether oxygens (including phenoxy) is 3. The molecular formula is C21H17F2NO5. The van der Waals surface area contributed by atoms with E-state index < -0.39 is 16.6 Å². The van der Waals surface area contributed by atoms with Crippen molar-refractivity contribution in [2.45, 2.75) is 13.5 Å². The zero-order chi connectivity index (χ0) is 20.8. The average molecular weight is 401 g/mol. The molecule has 0 bridgehead atoms. The molecule has 0 amide bonds. The fourth-order valence-electron chi connectivity index (χ4n) is 2.53. The molecule has 3 aromatic rings. The second kappa shape index (κ2) is 9.01. The van der Waals surface area contributed by atoms with Gasteiger partial charge in [-0.05, 0) is 61.5 Å². The van der Waals surface area contributed by atoms with Crippen LogP contribution in [0.5, 0.6) is 23.0 Å². The van der Waals surface area contributed by atoms with Gasteiger partial charge in [0.1, 0.15) is 35.5 Å². The lowest BCUT2D eigenvalue weighted by Gasteiger charge is -2.10. The Morgan fingerprint density at radius 1 is 0.897 bits per heavy atom. The van der Waals surface area contributed by atoms with Gasteiger partial charge in [0, 0.05) is 5.56 Å². The summed E-state index contributed by atoms with van der Waals surface area (Å²) in [4.78, 5) is 10.7. The maximum absolute atomic E-state index is 13.6. The molecule has 0 saturated heterocycles. The molecule has 150 valence electrons. The Morgan fingerprint density at radius 2 is 1.59 bits per heavy atom. The molecule has 3 rings (SSSR count). The zero-order valence-corrected chi connectivity index (χ0v) is 15.4. The third-order valence-electron chi connectivity index (χ3n) is 3.89. The van der Waals surface area contributed by atoms with Crippen molar-refractivity contribution in [2.24, 2.45) is 0 Å². The number of rotatable bonds is 8. The fraction of sp³-hybridized carbons (Fsp3) is 0.143. The highest BCUT2D eigenvalue weighted by Gasteiger charge is 2.17. The van der Waals surface area contributed by atoms with Crippen molar-refractivity contribution in [1.29, 1.82) is 0 Å². The fourth-order valence-corrected chi connectivity index (χ4v) is 2.53. The van der Waals surface area contributed by atoms with Crippen LogP contribution in [0.25, 0.3) is 0 Å². The van der Waals surface area contributed by atoms with Crippen molar-refractivity contribution in [3.63, 3.8) is 0 Å². The second-order valence-electron chi connectivity index (χ2n) is 5.92. The molecule has 29 heavy (non-hydrogen) atoms. The van der Waals surface area contributed by atoms with E-state index in [9.17, 15) is 18.9 Å². The summed E-state index contributed by atoms with van der Waals surface area (Å²) in [6, 6.07) is 13.7. The van der Waals surface area contributed by atoms with Crippen LogP contribution >= 0.6 is 0 Å². The predicted octanol–water partition coefficient (Wildman–Crippen LogP) is 5.64. The molecule has 0 atom stereocenters. The zero-order valence-electron chi connectivity index (χ0n) is 15.4. The molecule has 6 nitrogen and oxygen atoms in total. The number of benzene rings is 3. The quantitative estimate of drug-likeness (QED) is 0.361. The molecule has 0 fully saturated rings. The molecular weight excluding hydrogens is 384 g/mol. The van der Waals surface area contributed by atoms with E-state index in [2.05, 4.69) is 0 Å². The largest absolute Gasteiger partial charge is 0.494 e. The Kier molecular flexibility index (Phi) is 6.23. The first-order chi connectivity index (χ1) is 14.0. The number of hydrogen-bond donors (Lipinski definition) is 0. The summed E-state index contributed by atoms with van der Waals surface area (Å²) in [5.74, 6) is 0.0810. The SMILES string of the molecule is CCOc1ccc(Oc2ccc(OCc3cc(F)ccc3F)cc2)c([N+](=O)[O-])c1. The van der Waals surface area contributed by atoms with Gasteiger partial charge in [-0.3, -0.25) is 10.1 Å². The summed E-state index contributed by atoms with van der Waals surface area (Å²) < 4.78 is 43.1. The molecule has 0 radical (unpaired) electrons. The van der Waals surface area contributed by atoms with Crippen LogP contribution in [-0.4, -0.2) is 11.5 Å². The van der Waals surface area contributed by atoms with E-state index in [-0.39, 0.29) is 23.6 Å². The van der Waals surface area contributed by atoms with Crippen molar-refractivity contribution in [3.8, 4) is 23.0 Å². The van der Waals surface area contributed by atoms with E-state index >= 15 is 0 Å². The smallest absolute Gasteiger partial charge is 0.315 e. The minimum Gasteiger partial charge on any atom is -0.494 e. The number of hydrogen-bond acceptors (Lipinski definition) is 5. The number of nitrogens with zero attached hydrogens (tertiary/aromatic N) is 1. The van der Waals surface area contributed by atoms with Gasteiger partial charge in [0.25, 0.3) is 0 Å². The molecule has 0 aromatic heterocycles. The van der Waals surface area contributed by atoms with Gasteiger partial charge in [-0.25, -0.2) is 8.78 Å². The maximum atomic E-state index is 13.6. The van der Waals surface area contributed by atoms with Gasteiger partial charge in [-0.1, -0.05) is 0 Å². The van der Waals surface area contributed by atoms with Crippen molar-refractivity contribution in [1.82, 2.24) is 0 Å². The Balaban J connectivity index is 1.69. The minimum atomic E-state index is -0.561. The summed E-state index contributed by atoms with van der Waals surface area (Å²) in [5, 5.41) is 11.3. The molecule has 0 spiro atoms. The highest BCUT2D eigenvalue weighted by Crippen LogP contribution is 2.35. The van der Waals surface area contributed by atoms with Gasteiger partial charge in [-0.2, -0.15) is 0 Å². The Morgan fingerprint density at radius 3 is 2.28 bits per heavy atom. The first-order valence-electron chi connectivity index (χ1n) is 8.72. The van der Waals surface area contributed by atoms with Crippen LogP contribution in [0.2, 0.25) is 0 Å². The summed E-state index contributed by atoms with van der Waals surface area (Å²) in [7, 11) is 0. The van der Waals surface area contributed by atoms with Crippen LogP contribution < -0.4 is 14.2 Å². The van der Waals surface area contributed by atoms with Gasteiger partial charge in [0.2, 0.25) is 5.75 Å². The second-order valence-corrected chi connectivity index (χ2v) is 5.92. The summed E-state index contributed by atoms with van der Waals surface area (Å²) >= 11 is 0. The summed E-state index contributed by atoms with van der Waals surface area (Å²) in [6.07, 6.45) is 0.